The van der Waals surface area contributed by atoms with Gasteiger partial charge in [0.05, 0.1) is 6.10 Å². The second-order valence-electron chi connectivity index (χ2n) is 8.54. The van der Waals surface area contributed by atoms with E-state index < -0.39 is 8.32 Å². The molecule has 3 atom stereocenters. The van der Waals surface area contributed by atoms with E-state index in [1.165, 1.54) is 11.1 Å². The fraction of sp³-hybridized carbons (Fsp3) is 0.455. The van der Waals surface area contributed by atoms with Gasteiger partial charge in [-0.2, -0.15) is 0 Å². The molecule has 0 radical (unpaired) electrons. The number of hydrogen-bond acceptors (Lipinski definition) is 2. The summed E-state index contributed by atoms with van der Waals surface area (Å²) in [5.74, 6) is 0. The summed E-state index contributed by atoms with van der Waals surface area (Å²) in [6, 6.07) is 21.1. The lowest BCUT2D eigenvalue weighted by molar-refractivity contribution is 0.142. The molecule has 3 rings (SSSR count). The van der Waals surface area contributed by atoms with Crippen molar-refractivity contribution < 1.29 is 9.16 Å². The molecule has 0 unspecified atom stereocenters. The fourth-order valence-corrected chi connectivity index (χ4v) is 4.27. The van der Waals surface area contributed by atoms with Crippen molar-refractivity contribution in [1.82, 2.24) is 0 Å². The van der Waals surface area contributed by atoms with E-state index in [4.69, 9.17) is 9.16 Å². The molecule has 1 heterocycles. The molecule has 0 N–H and O–H groups in total. The first-order chi connectivity index (χ1) is 11.8. The van der Waals surface area contributed by atoms with Crippen LogP contribution in [0.3, 0.4) is 0 Å². The quantitative estimate of drug-likeness (QED) is 0.486. The summed E-state index contributed by atoms with van der Waals surface area (Å²) in [6.45, 7) is 11.5. The number of epoxide rings is 1. The number of hydrogen-bond donors (Lipinski definition) is 0. The zero-order chi connectivity index (χ0) is 18.1. The number of benzene rings is 2. The van der Waals surface area contributed by atoms with Gasteiger partial charge in [0.2, 0.25) is 0 Å². The van der Waals surface area contributed by atoms with Gasteiger partial charge in [-0.05, 0) is 29.3 Å². The van der Waals surface area contributed by atoms with Crippen LogP contribution in [0.15, 0.2) is 60.7 Å². The van der Waals surface area contributed by atoms with Gasteiger partial charge < -0.3 is 9.16 Å². The van der Waals surface area contributed by atoms with Gasteiger partial charge in [-0.15, -0.1) is 0 Å². The fourth-order valence-electron chi connectivity index (χ4n) is 2.94. The minimum absolute atomic E-state index is 0.105. The summed E-state index contributed by atoms with van der Waals surface area (Å²) in [5.41, 5.74) is 2.57. The van der Waals surface area contributed by atoms with E-state index in [0.717, 1.165) is 6.42 Å². The van der Waals surface area contributed by atoms with E-state index in [0.29, 0.717) is 0 Å². The molecule has 2 aromatic rings. The Morgan fingerprint density at radius 1 is 0.960 bits per heavy atom. The van der Waals surface area contributed by atoms with Crippen molar-refractivity contribution >= 4 is 8.32 Å². The Morgan fingerprint density at radius 3 is 2.08 bits per heavy atom. The lowest BCUT2D eigenvalue weighted by Crippen LogP contribution is -2.46. The van der Waals surface area contributed by atoms with E-state index in [1.54, 1.807) is 0 Å². The van der Waals surface area contributed by atoms with Gasteiger partial charge in [-0.3, -0.25) is 0 Å². The summed E-state index contributed by atoms with van der Waals surface area (Å²) in [5, 5.41) is 0.194. The summed E-state index contributed by atoms with van der Waals surface area (Å²) >= 11 is 0. The maximum atomic E-state index is 6.80. The maximum Gasteiger partial charge on any atom is 0.192 e. The zero-order valence-electron chi connectivity index (χ0n) is 16.0. The Hall–Kier alpha value is -1.42. The van der Waals surface area contributed by atoms with Gasteiger partial charge in [0.15, 0.2) is 8.32 Å². The number of rotatable bonds is 6. The van der Waals surface area contributed by atoms with E-state index >= 15 is 0 Å². The van der Waals surface area contributed by atoms with E-state index in [-0.39, 0.29) is 23.4 Å². The van der Waals surface area contributed by atoms with Crippen LogP contribution < -0.4 is 0 Å². The van der Waals surface area contributed by atoms with Crippen LogP contribution in [0.5, 0.6) is 0 Å². The van der Waals surface area contributed by atoms with Crippen molar-refractivity contribution in [2.45, 2.75) is 63.6 Å². The molecule has 0 spiro atoms. The van der Waals surface area contributed by atoms with Crippen molar-refractivity contribution in [2.24, 2.45) is 0 Å². The van der Waals surface area contributed by atoms with E-state index in [9.17, 15) is 0 Å². The highest BCUT2D eigenvalue weighted by molar-refractivity contribution is 6.74. The SMILES string of the molecule is CC(C)(C)[Si](C)(C)O[C@@H](Cc1ccccc1)[C@H]1O[C@H]1c1ccccc1. The first-order valence-corrected chi connectivity index (χ1v) is 12.1. The van der Waals surface area contributed by atoms with E-state index in [1.807, 2.05) is 0 Å². The van der Waals surface area contributed by atoms with Gasteiger partial charge in [-0.25, -0.2) is 0 Å². The van der Waals surface area contributed by atoms with Gasteiger partial charge in [0.25, 0.3) is 0 Å². The Bertz CT molecular complexity index is 676. The molecular formula is C22H30O2Si. The minimum atomic E-state index is -1.86. The van der Waals surface area contributed by atoms with Crippen LogP contribution in [0.4, 0.5) is 0 Å². The molecule has 3 heteroatoms. The third kappa shape index (κ3) is 4.41. The number of ether oxygens (including phenoxy) is 1. The highest BCUT2D eigenvalue weighted by Gasteiger charge is 2.50. The van der Waals surface area contributed by atoms with Crippen LogP contribution in [0.25, 0.3) is 0 Å². The minimum Gasteiger partial charge on any atom is -0.411 e. The van der Waals surface area contributed by atoms with Crippen LogP contribution in [0, 0.1) is 0 Å². The van der Waals surface area contributed by atoms with Crippen molar-refractivity contribution in [3.8, 4) is 0 Å². The molecule has 0 saturated carbocycles. The molecule has 1 fully saturated rings. The topological polar surface area (TPSA) is 21.8 Å². The smallest absolute Gasteiger partial charge is 0.192 e. The second-order valence-corrected chi connectivity index (χ2v) is 13.3. The standard InChI is InChI=1S/C22H30O2Si/c1-22(2,3)25(4,5)24-19(16-17-12-8-6-9-13-17)21-20(23-21)18-14-10-7-11-15-18/h6-15,19-21H,16H2,1-5H3/t19-,20-,21+/m0/s1. The predicted molar refractivity (Wildman–Crippen MR) is 106 cm³/mol. The van der Waals surface area contributed by atoms with Gasteiger partial charge in [0, 0.05) is 6.42 Å². The predicted octanol–water partition coefficient (Wildman–Crippen LogP) is 5.76. The molecule has 0 bridgehead atoms. The summed E-state index contributed by atoms with van der Waals surface area (Å²) < 4.78 is 12.9. The molecule has 134 valence electrons. The lowest BCUT2D eigenvalue weighted by Gasteiger charge is -2.39. The van der Waals surface area contributed by atoms with Crippen molar-refractivity contribution in [3.63, 3.8) is 0 Å². The van der Waals surface area contributed by atoms with Crippen LogP contribution in [-0.2, 0) is 15.6 Å². The average Bonchev–Trinajstić information content (AvgIpc) is 3.35. The monoisotopic (exact) mass is 354 g/mol. The molecule has 25 heavy (non-hydrogen) atoms. The maximum absolute atomic E-state index is 6.80. The van der Waals surface area contributed by atoms with E-state index in [2.05, 4.69) is 94.5 Å². The Balaban J connectivity index is 1.78. The second kappa shape index (κ2) is 7.06. The van der Waals surface area contributed by atoms with Gasteiger partial charge in [0.1, 0.15) is 12.2 Å². The van der Waals surface area contributed by atoms with Crippen molar-refractivity contribution in [3.05, 3.63) is 71.8 Å². The molecule has 0 amide bonds. The zero-order valence-corrected chi connectivity index (χ0v) is 17.0. The largest absolute Gasteiger partial charge is 0.411 e. The molecule has 2 aromatic carbocycles. The normalized spacial score (nSPS) is 21.8. The molecular weight excluding hydrogens is 324 g/mol. The summed E-state index contributed by atoms with van der Waals surface area (Å²) in [7, 11) is -1.86. The molecule has 0 aliphatic carbocycles. The third-order valence-corrected chi connectivity index (χ3v) is 10.1. The third-order valence-electron chi connectivity index (χ3n) is 5.55. The van der Waals surface area contributed by atoms with Crippen LogP contribution in [0.2, 0.25) is 18.1 Å². The first-order valence-electron chi connectivity index (χ1n) is 9.20. The Kier molecular flexibility index (Phi) is 5.19. The van der Waals surface area contributed by atoms with Gasteiger partial charge >= 0.3 is 0 Å². The van der Waals surface area contributed by atoms with Gasteiger partial charge in [-0.1, -0.05) is 81.4 Å². The van der Waals surface area contributed by atoms with Crippen LogP contribution in [0.1, 0.15) is 38.0 Å². The Morgan fingerprint density at radius 2 is 1.52 bits per heavy atom. The lowest BCUT2D eigenvalue weighted by atomic mass is 10.0. The molecule has 0 aromatic heterocycles. The van der Waals surface area contributed by atoms with Crippen molar-refractivity contribution in [1.29, 1.82) is 0 Å². The molecule has 1 saturated heterocycles. The van der Waals surface area contributed by atoms with Crippen LogP contribution >= 0.6 is 0 Å². The molecule has 1 aliphatic heterocycles. The van der Waals surface area contributed by atoms with Crippen molar-refractivity contribution in [2.75, 3.05) is 0 Å². The Labute approximate surface area is 153 Å². The molecule has 2 nitrogen and oxygen atoms in total. The first kappa shape index (κ1) is 18.4. The molecule has 1 aliphatic rings. The highest BCUT2D eigenvalue weighted by Crippen LogP contribution is 2.45. The highest BCUT2D eigenvalue weighted by atomic mass is 28.4. The van der Waals surface area contributed by atoms with Crippen LogP contribution in [-0.4, -0.2) is 20.5 Å². The summed E-state index contributed by atoms with van der Waals surface area (Å²) in [4.78, 5) is 0. The summed E-state index contributed by atoms with van der Waals surface area (Å²) in [6.07, 6.45) is 1.33. The average molecular weight is 355 g/mol.